The third-order valence-electron chi connectivity index (χ3n) is 4.65. The molecule has 130 valence electrons. The summed E-state index contributed by atoms with van der Waals surface area (Å²) in [5.41, 5.74) is 1.76. The minimum atomic E-state index is -3.66. The molecule has 0 spiro atoms. The largest absolute Gasteiger partial charge is 0.355 e. The van der Waals surface area contributed by atoms with E-state index in [9.17, 15) is 8.42 Å². The van der Waals surface area contributed by atoms with Crippen molar-refractivity contribution in [1.29, 1.82) is 0 Å². The van der Waals surface area contributed by atoms with E-state index in [1.165, 1.54) is 3.97 Å². The Labute approximate surface area is 147 Å². The van der Waals surface area contributed by atoms with Gasteiger partial charge in [-0.2, -0.15) is 0 Å². The van der Waals surface area contributed by atoms with Crippen LogP contribution in [0.1, 0.15) is 5.56 Å². The zero-order valence-electron chi connectivity index (χ0n) is 14.1. The summed E-state index contributed by atoms with van der Waals surface area (Å²) in [5.74, 6) is 0.739. The SMILES string of the molecule is Cc1ccc(S(=O)(=O)n2c(N3CCNCC3)cc3ccccc32)cc1. The van der Waals surface area contributed by atoms with Crippen molar-refractivity contribution in [2.24, 2.45) is 0 Å². The zero-order chi connectivity index (χ0) is 17.4. The van der Waals surface area contributed by atoms with E-state index in [2.05, 4.69) is 10.2 Å². The topological polar surface area (TPSA) is 54.3 Å². The van der Waals surface area contributed by atoms with E-state index in [-0.39, 0.29) is 0 Å². The second-order valence-corrected chi connectivity index (χ2v) is 8.17. The predicted molar refractivity (Wildman–Crippen MR) is 101 cm³/mol. The highest BCUT2D eigenvalue weighted by Crippen LogP contribution is 2.31. The van der Waals surface area contributed by atoms with Crippen molar-refractivity contribution < 1.29 is 8.42 Å². The molecule has 5 nitrogen and oxygen atoms in total. The lowest BCUT2D eigenvalue weighted by Crippen LogP contribution is -2.44. The van der Waals surface area contributed by atoms with Crippen molar-refractivity contribution in [1.82, 2.24) is 9.29 Å². The van der Waals surface area contributed by atoms with Crippen LogP contribution in [0.4, 0.5) is 5.82 Å². The maximum absolute atomic E-state index is 13.4. The molecule has 1 N–H and O–H groups in total. The Balaban J connectivity index is 1.94. The van der Waals surface area contributed by atoms with Crippen LogP contribution in [0.3, 0.4) is 0 Å². The highest BCUT2D eigenvalue weighted by atomic mass is 32.2. The van der Waals surface area contributed by atoms with Gasteiger partial charge in [0, 0.05) is 31.6 Å². The molecule has 0 aliphatic carbocycles. The van der Waals surface area contributed by atoms with E-state index >= 15 is 0 Å². The fourth-order valence-corrected chi connectivity index (χ4v) is 4.83. The Bertz CT molecular complexity index is 1000. The van der Waals surface area contributed by atoms with Crippen LogP contribution in [0.15, 0.2) is 59.5 Å². The van der Waals surface area contributed by atoms with Crippen molar-refractivity contribution >= 4 is 26.7 Å². The molecule has 25 heavy (non-hydrogen) atoms. The van der Waals surface area contributed by atoms with Crippen LogP contribution in [-0.4, -0.2) is 38.6 Å². The van der Waals surface area contributed by atoms with Gasteiger partial charge in [-0.15, -0.1) is 0 Å². The molecule has 2 heterocycles. The Morgan fingerprint density at radius 1 is 0.960 bits per heavy atom. The van der Waals surface area contributed by atoms with Gasteiger partial charge in [0.15, 0.2) is 0 Å². The number of rotatable bonds is 3. The van der Waals surface area contributed by atoms with Crippen LogP contribution in [-0.2, 0) is 10.0 Å². The molecule has 0 radical (unpaired) electrons. The summed E-state index contributed by atoms with van der Waals surface area (Å²) in [7, 11) is -3.66. The first kappa shape index (κ1) is 16.2. The van der Waals surface area contributed by atoms with E-state index in [0.29, 0.717) is 4.90 Å². The van der Waals surface area contributed by atoms with Gasteiger partial charge in [-0.1, -0.05) is 35.9 Å². The molecule has 0 saturated carbocycles. The molecule has 0 atom stereocenters. The monoisotopic (exact) mass is 355 g/mol. The Kier molecular flexibility index (Phi) is 4.01. The average Bonchev–Trinajstić information content (AvgIpc) is 3.03. The number of nitrogens with one attached hydrogen (secondary N) is 1. The van der Waals surface area contributed by atoms with Crippen molar-refractivity contribution in [3.63, 3.8) is 0 Å². The number of benzene rings is 2. The van der Waals surface area contributed by atoms with Gasteiger partial charge in [0.1, 0.15) is 5.82 Å². The van der Waals surface area contributed by atoms with E-state index in [0.717, 1.165) is 48.5 Å². The summed E-state index contributed by atoms with van der Waals surface area (Å²) in [6, 6.07) is 16.7. The van der Waals surface area contributed by atoms with E-state index < -0.39 is 10.0 Å². The number of para-hydroxylation sites is 1. The number of hydrogen-bond acceptors (Lipinski definition) is 4. The number of hydrogen-bond donors (Lipinski definition) is 1. The molecule has 1 aliphatic heterocycles. The molecule has 4 rings (SSSR count). The van der Waals surface area contributed by atoms with Crippen LogP contribution in [0.25, 0.3) is 10.9 Å². The first-order chi connectivity index (χ1) is 12.1. The molecule has 0 amide bonds. The number of aromatic nitrogens is 1. The number of piperazine rings is 1. The highest BCUT2D eigenvalue weighted by Gasteiger charge is 2.26. The minimum absolute atomic E-state index is 0.316. The number of aryl methyl sites for hydroxylation is 1. The number of anilines is 1. The lowest BCUT2D eigenvalue weighted by molar-refractivity contribution is 0.573. The first-order valence-corrected chi connectivity index (χ1v) is 9.90. The lowest BCUT2D eigenvalue weighted by atomic mass is 10.2. The molecule has 2 aromatic carbocycles. The maximum Gasteiger partial charge on any atom is 0.269 e. The van der Waals surface area contributed by atoms with E-state index in [1.807, 2.05) is 49.4 Å². The molecule has 1 aromatic heterocycles. The Hall–Kier alpha value is -2.31. The van der Waals surface area contributed by atoms with Gasteiger partial charge in [0.05, 0.1) is 10.4 Å². The molecule has 6 heteroatoms. The quantitative estimate of drug-likeness (QED) is 0.785. The van der Waals surface area contributed by atoms with Gasteiger partial charge in [-0.25, -0.2) is 12.4 Å². The molecule has 1 saturated heterocycles. The lowest BCUT2D eigenvalue weighted by Gasteiger charge is -2.30. The van der Waals surface area contributed by atoms with Gasteiger partial charge in [-0.05, 0) is 31.2 Å². The van der Waals surface area contributed by atoms with Gasteiger partial charge >= 0.3 is 0 Å². The van der Waals surface area contributed by atoms with Crippen molar-refractivity contribution in [2.45, 2.75) is 11.8 Å². The summed E-state index contributed by atoms with van der Waals surface area (Å²) >= 11 is 0. The molecular formula is C19H21N3O2S. The minimum Gasteiger partial charge on any atom is -0.355 e. The fraction of sp³-hybridized carbons (Fsp3) is 0.263. The second-order valence-electron chi connectivity index (χ2n) is 6.38. The van der Waals surface area contributed by atoms with Gasteiger partial charge in [0.25, 0.3) is 10.0 Å². The predicted octanol–water partition coefficient (Wildman–Crippen LogP) is 2.60. The van der Waals surface area contributed by atoms with Crippen LogP contribution in [0, 0.1) is 6.92 Å². The van der Waals surface area contributed by atoms with Gasteiger partial charge < -0.3 is 10.2 Å². The highest BCUT2D eigenvalue weighted by molar-refractivity contribution is 7.90. The number of fused-ring (bicyclic) bond motifs is 1. The van der Waals surface area contributed by atoms with Crippen molar-refractivity contribution in [3.8, 4) is 0 Å². The average molecular weight is 355 g/mol. The standard InChI is InChI=1S/C19H21N3O2S/c1-15-6-8-17(9-7-15)25(23,24)22-18-5-3-2-4-16(18)14-19(22)21-12-10-20-11-13-21/h2-9,14,20H,10-13H2,1H3. The van der Waals surface area contributed by atoms with E-state index in [1.54, 1.807) is 12.1 Å². The van der Waals surface area contributed by atoms with Crippen LogP contribution in [0.5, 0.6) is 0 Å². The summed E-state index contributed by atoms with van der Waals surface area (Å²) in [6.07, 6.45) is 0. The van der Waals surface area contributed by atoms with Crippen molar-refractivity contribution in [2.75, 3.05) is 31.1 Å². The third-order valence-corrected chi connectivity index (χ3v) is 6.38. The molecule has 1 aliphatic rings. The third kappa shape index (κ3) is 2.81. The summed E-state index contributed by atoms with van der Waals surface area (Å²) < 4.78 is 28.3. The van der Waals surface area contributed by atoms with Gasteiger partial charge in [0.2, 0.25) is 0 Å². The number of nitrogens with zero attached hydrogens (tertiary/aromatic N) is 2. The molecule has 0 bridgehead atoms. The van der Waals surface area contributed by atoms with E-state index in [4.69, 9.17) is 0 Å². The van der Waals surface area contributed by atoms with Crippen LogP contribution < -0.4 is 10.2 Å². The van der Waals surface area contributed by atoms with Gasteiger partial charge in [-0.3, -0.25) is 0 Å². The summed E-state index contributed by atoms with van der Waals surface area (Å²) in [4.78, 5) is 2.46. The summed E-state index contributed by atoms with van der Waals surface area (Å²) in [5, 5.41) is 4.25. The first-order valence-electron chi connectivity index (χ1n) is 8.46. The molecule has 1 fully saturated rings. The molecular weight excluding hydrogens is 334 g/mol. The van der Waals surface area contributed by atoms with Crippen molar-refractivity contribution in [3.05, 3.63) is 60.2 Å². The maximum atomic E-state index is 13.4. The molecule has 3 aromatic rings. The Morgan fingerprint density at radius 2 is 1.64 bits per heavy atom. The Morgan fingerprint density at radius 3 is 2.36 bits per heavy atom. The second kappa shape index (κ2) is 6.20. The van der Waals surface area contributed by atoms with Crippen LogP contribution in [0.2, 0.25) is 0 Å². The smallest absolute Gasteiger partial charge is 0.269 e. The van der Waals surface area contributed by atoms with Crippen LogP contribution >= 0.6 is 0 Å². The zero-order valence-corrected chi connectivity index (χ0v) is 15.0. The summed E-state index contributed by atoms with van der Waals surface area (Å²) in [6.45, 7) is 5.24. The molecule has 0 unspecified atom stereocenters. The normalized spacial score (nSPS) is 15.6. The fourth-order valence-electron chi connectivity index (χ4n) is 3.30.